The third-order valence-electron chi connectivity index (χ3n) is 2.21. The third-order valence-corrected chi connectivity index (χ3v) is 3.08. The highest BCUT2D eigenvalue weighted by molar-refractivity contribution is 7.13. The fourth-order valence-electron chi connectivity index (χ4n) is 1.40. The van der Waals surface area contributed by atoms with Crippen LogP contribution < -0.4 is 16.0 Å². The molecule has 0 saturated heterocycles. The van der Waals surface area contributed by atoms with Gasteiger partial charge >= 0.3 is 0 Å². The molecule has 0 bridgehead atoms. The minimum Gasteiger partial charge on any atom is -0.496 e. The molecule has 5 nitrogen and oxygen atoms in total. The number of carbonyl (C=O) groups excluding carboxylic acids is 1. The highest BCUT2D eigenvalue weighted by atomic mass is 32.1. The topological polar surface area (TPSA) is 77.2 Å². The predicted molar refractivity (Wildman–Crippen MR) is 65.8 cm³/mol. The summed E-state index contributed by atoms with van der Waals surface area (Å²) in [6.45, 7) is 0. The van der Waals surface area contributed by atoms with Crippen LogP contribution in [0, 0.1) is 0 Å². The van der Waals surface area contributed by atoms with E-state index >= 15 is 0 Å². The van der Waals surface area contributed by atoms with Crippen molar-refractivity contribution >= 4 is 17.2 Å². The summed E-state index contributed by atoms with van der Waals surface area (Å²) >= 11 is 1.37. The van der Waals surface area contributed by atoms with Crippen LogP contribution in [-0.4, -0.2) is 18.0 Å². The van der Waals surface area contributed by atoms with Crippen LogP contribution in [0.4, 0.5) is 0 Å². The number of aromatic nitrogens is 1. The smallest absolute Gasteiger partial charge is 0.284 e. The van der Waals surface area contributed by atoms with Gasteiger partial charge in [0.25, 0.3) is 5.91 Å². The van der Waals surface area contributed by atoms with E-state index in [-0.39, 0.29) is 0 Å². The van der Waals surface area contributed by atoms with Gasteiger partial charge in [-0.05, 0) is 12.1 Å². The monoisotopic (exact) mass is 249 g/mol. The van der Waals surface area contributed by atoms with Crippen molar-refractivity contribution in [2.45, 2.75) is 0 Å². The van der Waals surface area contributed by atoms with Gasteiger partial charge in [0, 0.05) is 5.38 Å². The fraction of sp³-hybridized carbons (Fsp3) is 0.0909. The summed E-state index contributed by atoms with van der Waals surface area (Å²) in [5.41, 5.74) is 3.21. The number of benzene rings is 1. The Kier molecular flexibility index (Phi) is 3.36. The maximum Gasteiger partial charge on any atom is 0.284 e. The molecule has 0 aliphatic carbocycles. The number of ether oxygens (including phenoxy) is 1. The van der Waals surface area contributed by atoms with Gasteiger partial charge in [0.2, 0.25) is 0 Å². The lowest BCUT2D eigenvalue weighted by Gasteiger charge is -2.04. The summed E-state index contributed by atoms with van der Waals surface area (Å²) in [4.78, 5) is 15.5. The molecule has 2 aromatic rings. The van der Waals surface area contributed by atoms with E-state index in [1.165, 1.54) is 11.3 Å². The fourth-order valence-corrected chi connectivity index (χ4v) is 2.23. The molecule has 0 spiro atoms. The molecule has 0 aliphatic heterocycles. The molecule has 0 fully saturated rings. The van der Waals surface area contributed by atoms with Gasteiger partial charge in [0.1, 0.15) is 16.5 Å². The van der Waals surface area contributed by atoms with Crippen LogP contribution in [0.2, 0.25) is 0 Å². The first kappa shape index (κ1) is 11.6. The Balaban J connectivity index is 2.40. The zero-order valence-electron chi connectivity index (χ0n) is 9.14. The number of nitrogens with zero attached hydrogens (tertiary/aromatic N) is 1. The highest BCUT2D eigenvalue weighted by Gasteiger charge is 2.13. The first-order chi connectivity index (χ1) is 8.26. The molecule has 0 saturated carbocycles. The average Bonchev–Trinajstić information content (AvgIpc) is 2.87. The number of para-hydroxylation sites is 1. The van der Waals surface area contributed by atoms with Gasteiger partial charge in [-0.25, -0.2) is 10.8 Å². The standard InChI is InChI=1S/C11H11N3O2S/c1-16-9-5-3-2-4-7(9)11-13-8(6-17-11)10(15)14-12/h2-6H,12H2,1H3,(H,14,15). The van der Waals surface area contributed by atoms with Gasteiger partial charge in [-0.15, -0.1) is 11.3 Å². The van der Waals surface area contributed by atoms with Crippen LogP contribution in [-0.2, 0) is 0 Å². The van der Waals surface area contributed by atoms with Crippen molar-refractivity contribution in [3.05, 3.63) is 35.3 Å². The van der Waals surface area contributed by atoms with Crippen molar-refractivity contribution < 1.29 is 9.53 Å². The van der Waals surface area contributed by atoms with Crippen LogP contribution in [0.3, 0.4) is 0 Å². The van der Waals surface area contributed by atoms with Crippen LogP contribution in [0.5, 0.6) is 5.75 Å². The molecule has 1 amide bonds. The number of nitrogen functional groups attached to an aromatic ring is 1. The molecule has 0 radical (unpaired) electrons. The molecule has 17 heavy (non-hydrogen) atoms. The van der Waals surface area contributed by atoms with E-state index in [9.17, 15) is 4.79 Å². The Morgan fingerprint density at radius 3 is 2.94 bits per heavy atom. The number of amides is 1. The lowest BCUT2D eigenvalue weighted by molar-refractivity contribution is 0.0949. The van der Waals surface area contributed by atoms with Gasteiger partial charge < -0.3 is 4.74 Å². The summed E-state index contributed by atoms with van der Waals surface area (Å²) in [5, 5.41) is 2.38. The van der Waals surface area contributed by atoms with Crippen LogP contribution in [0.25, 0.3) is 10.6 Å². The number of methoxy groups -OCH3 is 1. The van der Waals surface area contributed by atoms with Crippen molar-refractivity contribution in [3.63, 3.8) is 0 Å². The van der Waals surface area contributed by atoms with Crippen molar-refractivity contribution in [3.8, 4) is 16.3 Å². The summed E-state index contributed by atoms with van der Waals surface area (Å²) in [6.07, 6.45) is 0. The van der Waals surface area contributed by atoms with Crippen molar-refractivity contribution in [2.75, 3.05) is 7.11 Å². The number of rotatable bonds is 3. The zero-order valence-corrected chi connectivity index (χ0v) is 9.95. The molecular formula is C11H11N3O2S. The number of nitrogens with two attached hydrogens (primary N) is 1. The zero-order chi connectivity index (χ0) is 12.3. The molecule has 6 heteroatoms. The molecule has 0 aliphatic rings. The molecule has 0 unspecified atom stereocenters. The number of hydrogen-bond acceptors (Lipinski definition) is 5. The SMILES string of the molecule is COc1ccccc1-c1nc(C(=O)NN)cs1. The molecule has 1 aromatic heterocycles. The van der Waals surface area contributed by atoms with Crippen molar-refractivity contribution in [2.24, 2.45) is 5.84 Å². The van der Waals surface area contributed by atoms with E-state index in [0.29, 0.717) is 5.69 Å². The molecular weight excluding hydrogens is 238 g/mol. The molecule has 3 N–H and O–H groups in total. The summed E-state index contributed by atoms with van der Waals surface area (Å²) in [7, 11) is 1.60. The lowest BCUT2D eigenvalue weighted by Crippen LogP contribution is -2.30. The predicted octanol–water partition coefficient (Wildman–Crippen LogP) is 1.42. The van der Waals surface area contributed by atoms with E-state index in [1.807, 2.05) is 29.7 Å². The van der Waals surface area contributed by atoms with E-state index in [2.05, 4.69) is 4.98 Å². The maximum absolute atomic E-state index is 11.3. The summed E-state index contributed by atoms with van der Waals surface area (Å²) in [6, 6.07) is 7.51. The Bertz CT molecular complexity index is 539. The number of carbonyl (C=O) groups is 1. The van der Waals surface area contributed by atoms with E-state index in [1.54, 1.807) is 12.5 Å². The number of nitrogens with one attached hydrogen (secondary N) is 1. The first-order valence-electron chi connectivity index (χ1n) is 4.86. The lowest BCUT2D eigenvalue weighted by atomic mass is 10.2. The third kappa shape index (κ3) is 2.27. The summed E-state index contributed by atoms with van der Waals surface area (Å²) in [5.74, 6) is 5.37. The Labute approximate surface area is 102 Å². The van der Waals surface area contributed by atoms with E-state index < -0.39 is 5.91 Å². The number of hydrogen-bond donors (Lipinski definition) is 2. The van der Waals surface area contributed by atoms with E-state index in [0.717, 1.165) is 16.3 Å². The Hall–Kier alpha value is -1.92. The van der Waals surface area contributed by atoms with Gasteiger partial charge in [-0.3, -0.25) is 10.2 Å². The van der Waals surface area contributed by atoms with Gasteiger partial charge in [0.05, 0.1) is 12.7 Å². The van der Waals surface area contributed by atoms with Crippen LogP contribution >= 0.6 is 11.3 Å². The van der Waals surface area contributed by atoms with Gasteiger partial charge in [0.15, 0.2) is 0 Å². The minimum absolute atomic E-state index is 0.304. The number of thiazole rings is 1. The first-order valence-corrected chi connectivity index (χ1v) is 5.74. The quantitative estimate of drug-likeness (QED) is 0.490. The highest BCUT2D eigenvalue weighted by Crippen LogP contribution is 2.31. The van der Waals surface area contributed by atoms with Gasteiger partial charge in [-0.2, -0.15) is 0 Å². The normalized spacial score (nSPS) is 10.0. The van der Waals surface area contributed by atoms with Crippen molar-refractivity contribution in [1.82, 2.24) is 10.4 Å². The number of hydrazine groups is 1. The largest absolute Gasteiger partial charge is 0.496 e. The second-order valence-corrected chi connectivity index (χ2v) is 4.07. The Morgan fingerprint density at radius 2 is 2.24 bits per heavy atom. The minimum atomic E-state index is -0.401. The van der Waals surface area contributed by atoms with Crippen LogP contribution in [0.15, 0.2) is 29.6 Å². The molecule has 0 atom stereocenters. The maximum atomic E-state index is 11.3. The second kappa shape index (κ2) is 4.94. The molecule has 88 valence electrons. The second-order valence-electron chi connectivity index (χ2n) is 3.21. The average molecular weight is 249 g/mol. The molecule has 1 heterocycles. The molecule has 2 rings (SSSR count). The van der Waals surface area contributed by atoms with E-state index in [4.69, 9.17) is 10.6 Å². The van der Waals surface area contributed by atoms with Crippen LogP contribution in [0.1, 0.15) is 10.5 Å². The molecule has 1 aromatic carbocycles. The van der Waals surface area contributed by atoms with Crippen molar-refractivity contribution in [1.29, 1.82) is 0 Å². The van der Waals surface area contributed by atoms with Gasteiger partial charge in [-0.1, -0.05) is 12.1 Å². The summed E-state index contributed by atoms with van der Waals surface area (Å²) < 4.78 is 5.24. The Morgan fingerprint density at radius 1 is 1.47 bits per heavy atom.